The minimum Gasteiger partial charge on any atom is -0.481 e. The van der Waals surface area contributed by atoms with Crippen LogP contribution in [0.5, 0.6) is 0 Å². The summed E-state index contributed by atoms with van der Waals surface area (Å²) >= 11 is 0. The second kappa shape index (κ2) is 5.56. The van der Waals surface area contributed by atoms with Gasteiger partial charge in [-0.3, -0.25) is 4.79 Å². The molecular formula is C12H22N2O4. The number of ether oxygens (including phenoxy) is 1. The average Bonchev–Trinajstić information content (AvgIpc) is 2.25. The molecule has 1 saturated heterocycles. The zero-order valence-corrected chi connectivity index (χ0v) is 11.2. The molecule has 1 rings (SSSR count). The summed E-state index contributed by atoms with van der Waals surface area (Å²) in [4.78, 5) is 24.4. The number of hydrogen-bond donors (Lipinski definition) is 2. The summed E-state index contributed by atoms with van der Waals surface area (Å²) in [6.07, 6.45) is 0.0287. The normalized spacial score (nSPS) is 24.8. The Balaban J connectivity index is 2.62. The first-order valence-corrected chi connectivity index (χ1v) is 6.15. The molecule has 3 N–H and O–H groups in total. The van der Waals surface area contributed by atoms with E-state index in [-0.39, 0.29) is 12.5 Å². The number of aliphatic carboxylic acids is 1. The Labute approximate surface area is 107 Å². The van der Waals surface area contributed by atoms with Crippen LogP contribution in [-0.4, -0.2) is 47.3 Å². The van der Waals surface area contributed by atoms with Gasteiger partial charge in [-0.25, -0.2) is 4.79 Å². The van der Waals surface area contributed by atoms with Crippen LogP contribution in [0.3, 0.4) is 0 Å². The molecule has 1 aliphatic heterocycles. The van der Waals surface area contributed by atoms with E-state index in [9.17, 15) is 9.59 Å². The molecule has 104 valence electrons. The van der Waals surface area contributed by atoms with E-state index in [0.29, 0.717) is 19.5 Å². The molecule has 0 spiro atoms. The Morgan fingerprint density at radius 3 is 2.50 bits per heavy atom. The number of nitrogens with zero attached hydrogens (tertiary/aromatic N) is 1. The number of rotatable bonds is 2. The lowest BCUT2D eigenvalue weighted by atomic mass is 9.86. The van der Waals surface area contributed by atoms with Crippen LogP contribution in [0.1, 0.15) is 27.2 Å². The number of carboxylic acids is 1. The predicted molar refractivity (Wildman–Crippen MR) is 66.1 cm³/mol. The second-order valence-corrected chi connectivity index (χ2v) is 5.66. The number of hydrogen-bond acceptors (Lipinski definition) is 4. The van der Waals surface area contributed by atoms with Gasteiger partial charge < -0.3 is 20.5 Å². The van der Waals surface area contributed by atoms with Crippen LogP contribution in [-0.2, 0) is 9.53 Å². The number of amides is 1. The third-order valence-corrected chi connectivity index (χ3v) is 3.01. The Bertz CT molecular complexity index is 325. The van der Waals surface area contributed by atoms with Crippen molar-refractivity contribution in [1.29, 1.82) is 0 Å². The van der Waals surface area contributed by atoms with Gasteiger partial charge in [-0.05, 0) is 33.7 Å². The summed E-state index contributed by atoms with van der Waals surface area (Å²) in [7, 11) is 0. The third kappa shape index (κ3) is 3.87. The van der Waals surface area contributed by atoms with Crippen LogP contribution in [0.25, 0.3) is 0 Å². The highest BCUT2D eigenvalue weighted by atomic mass is 16.6. The van der Waals surface area contributed by atoms with Gasteiger partial charge in [0, 0.05) is 19.0 Å². The molecule has 0 aromatic rings. The highest BCUT2D eigenvalue weighted by Gasteiger charge is 2.36. The molecule has 6 heteroatoms. The van der Waals surface area contributed by atoms with Gasteiger partial charge in [0.05, 0.1) is 5.92 Å². The Morgan fingerprint density at radius 1 is 1.44 bits per heavy atom. The van der Waals surface area contributed by atoms with Crippen molar-refractivity contribution in [3.8, 4) is 0 Å². The largest absolute Gasteiger partial charge is 0.481 e. The molecule has 1 amide bonds. The summed E-state index contributed by atoms with van der Waals surface area (Å²) < 4.78 is 5.26. The minimum absolute atomic E-state index is 0.205. The Kier molecular flexibility index (Phi) is 4.56. The molecule has 0 saturated carbocycles. The van der Waals surface area contributed by atoms with Crippen LogP contribution < -0.4 is 5.73 Å². The molecule has 18 heavy (non-hydrogen) atoms. The van der Waals surface area contributed by atoms with Crippen LogP contribution in [0.2, 0.25) is 0 Å². The number of piperidine rings is 1. The smallest absolute Gasteiger partial charge is 0.410 e. The Hall–Kier alpha value is -1.30. The molecule has 0 aromatic carbocycles. The summed E-state index contributed by atoms with van der Waals surface area (Å²) in [6, 6.07) is 0. The molecule has 1 fully saturated rings. The highest BCUT2D eigenvalue weighted by Crippen LogP contribution is 2.24. The van der Waals surface area contributed by atoms with Crippen LogP contribution >= 0.6 is 0 Å². The summed E-state index contributed by atoms with van der Waals surface area (Å²) in [5.41, 5.74) is 5.04. The first-order chi connectivity index (χ1) is 8.24. The van der Waals surface area contributed by atoms with Gasteiger partial charge in [-0.2, -0.15) is 0 Å². The SMILES string of the molecule is CC(C)(C)OC(=O)N1CCC(C(=O)O)C(CN)C1. The summed E-state index contributed by atoms with van der Waals surface area (Å²) in [5, 5.41) is 9.06. The van der Waals surface area contributed by atoms with Gasteiger partial charge in [-0.15, -0.1) is 0 Å². The lowest BCUT2D eigenvalue weighted by Crippen LogP contribution is -2.49. The van der Waals surface area contributed by atoms with E-state index in [1.165, 1.54) is 0 Å². The molecule has 2 atom stereocenters. The predicted octanol–water partition coefficient (Wildman–Crippen LogP) is 0.903. The van der Waals surface area contributed by atoms with Crippen molar-refractivity contribution in [1.82, 2.24) is 4.90 Å². The molecule has 6 nitrogen and oxygen atoms in total. The molecular weight excluding hydrogens is 236 g/mol. The van der Waals surface area contributed by atoms with Gasteiger partial charge >= 0.3 is 12.1 Å². The maximum atomic E-state index is 11.9. The van der Waals surface area contributed by atoms with Crippen molar-refractivity contribution in [2.45, 2.75) is 32.8 Å². The fraction of sp³-hybridized carbons (Fsp3) is 0.833. The monoisotopic (exact) mass is 258 g/mol. The zero-order valence-electron chi connectivity index (χ0n) is 11.2. The summed E-state index contributed by atoms with van der Waals surface area (Å²) in [6.45, 7) is 6.42. The topological polar surface area (TPSA) is 92.9 Å². The number of carboxylic acid groups (broad SMARTS) is 1. The van der Waals surface area contributed by atoms with E-state index in [4.69, 9.17) is 15.6 Å². The third-order valence-electron chi connectivity index (χ3n) is 3.01. The van der Waals surface area contributed by atoms with Crippen molar-refractivity contribution < 1.29 is 19.4 Å². The van der Waals surface area contributed by atoms with Crippen molar-refractivity contribution >= 4 is 12.1 Å². The molecule has 0 aliphatic carbocycles. The van der Waals surface area contributed by atoms with Crippen molar-refractivity contribution in [2.75, 3.05) is 19.6 Å². The number of carbonyl (C=O) groups is 2. The molecule has 0 aromatic heterocycles. The lowest BCUT2D eigenvalue weighted by Gasteiger charge is -2.36. The highest BCUT2D eigenvalue weighted by molar-refractivity contribution is 5.72. The molecule has 1 aliphatic rings. The lowest BCUT2D eigenvalue weighted by molar-refractivity contribution is -0.145. The number of carbonyl (C=O) groups excluding carboxylic acids is 1. The zero-order chi connectivity index (χ0) is 13.9. The van der Waals surface area contributed by atoms with E-state index < -0.39 is 23.6 Å². The van der Waals surface area contributed by atoms with Crippen LogP contribution in [0, 0.1) is 11.8 Å². The standard InChI is InChI=1S/C12H22N2O4/c1-12(2,3)18-11(17)14-5-4-9(10(15)16)8(6-13)7-14/h8-9H,4-7,13H2,1-3H3,(H,15,16). The maximum absolute atomic E-state index is 11.9. The van der Waals surface area contributed by atoms with Gasteiger partial charge in [-0.1, -0.05) is 0 Å². The molecule has 1 heterocycles. The van der Waals surface area contributed by atoms with Crippen LogP contribution in [0.15, 0.2) is 0 Å². The fourth-order valence-corrected chi connectivity index (χ4v) is 2.09. The molecule has 0 radical (unpaired) electrons. The quantitative estimate of drug-likeness (QED) is 0.767. The van der Waals surface area contributed by atoms with E-state index in [1.807, 2.05) is 0 Å². The van der Waals surface area contributed by atoms with Gasteiger partial charge in [0.15, 0.2) is 0 Å². The maximum Gasteiger partial charge on any atom is 0.410 e. The van der Waals surface area contributed by atoms with Gasteiger partial charge in [0.2, 0.25) is 0 Å². The van der Waals surface area contributed by atoms with Crippen molar-refractivity contribution in [3.63, 3.8) is 0 Å². The average molecular weight is 258 g/mol. The van der Waals surface area contributed by atoms with Crippen molar-refractivity contribution in [2.24, 2.45) is 17.6 Å². The number of likely N-dealkylation sites (tertiary alicyclic amines) is 1. The Morgan fingerprint density at radius 2 is 2.06 bits per heavy atom. The molecule has 2 unspecified atom stereocenters. The van der Waals surface area contributed by atoms with Gasteiger partial charge in [0.25, 0.3) is 0 Å². The van der Waals surface area contributed by atoms with Crippen molar-refractivity contribution in [3.05, 3.63) is 0 Å². The first kappa shape index (κ1) is 14.8. The van der Waals surface area contributed by atoms with Crippen LogP contribution in [0.4, 0.5) is 4.79 Å². The first-order valence-electron chi connectivity index (χ1n) is 6.15. The van der Waals surface area contributed by atoms with Gasteiger partial charge in [0.1, 0.15) is 5.60 Å². The van der Waals surface area contributed by atoms with E-state index in [0.717, 1.165) is 0 Å². The van der Waals surface area contributed by atoms with E-state index >= 15 is 0 Å². The summed E-state index contributed by atoms with van der Waals surface area (Å²) in [5.74, 6) is -1.51. The van der Waals surface area contributed by atoms with E-state index in [1.54, 1.807) is 25.7 Å². The molecule has 0 bridgehead atoms. The number of nitrogens with two attached hydrogens (primary N) is 1. The minimum atomic E-state index is -0.839. The fourth-order valence-electron chi connectivity index (χ4n) is 2.09. The van der Waals surface area contributed by atoms with E-state index in [2.05, 4.69) is 0 Å². The second-order valence-electron chi connectivity index (χ2n) is 5.66.